The van der Waals surface area contributed by atoms with Gasteiger partial charge in [0.1, 0.15) is 5.76 Å². The van der Waals surface area contributed by atoms with Gasteiger partial charge >= 0.3 is 0 Å². The van der Waals surface area contributed by atoms with Crippen molar-refractivity contribution < 1.29 is 9.15 Å². The normalized spacial score (nSPS) is 19.0. The molecule has 2 aromatic rings. The topological polar surface area (TPSA) is 38.5 Å². The van der Waals surface area contributed by atoms with Crippen LogP contribution in [-0.2, 0) is 17.8 Å². The molecule has 4 heteroatoms. The highest BCUT2D eigenvalue weighted by Gasteiger charge is 2.19. The molecule has 0 N–H and O–H groups in total. The fraction of sp³-hybridized carbons (Fsp3) is 0.471. The molecule has 0 bridgehead atoms. The summed E-state index contributed by atoms with van der Waals surface area (Å²) in [6.07, 6.45) is 9.42. The second kappa shape index (κ2) is 7.38. The Bertz CT molecular complexity index is 507. The van der Waals surface area contributed by atoms with Gasteiger partial charge in [0.2, 0.25) is 0 Å². The van der Waals surface area contributed by atoms with Crippen LogP contribution in [0.5, 0.6) is 0 Å². The van der Waals surface area contributed by atoms with Gasteiger partial charge in [-0.1, -0.05) is 6.07 Å². The summed E-state index contributed by atoms with van der Waals surface area (Å²) in [5.74, 6) is 0.995. The van der Waals surface area contributed by atoms with Gasteiger partial charge < -0.3 is 9.15 Å². The number of hydrogen-bond acceptors (Lipinski definition) is 4. The Kier molecular flexibility index (Phi) is 5.03. The molecule has 1 unspecified atom stereocenters. The van der Waals surface area contributed by atoms with Crippen molar-refractivity contribution in [2.75, 3.05) is 13.2 Å². The Morgan fingerprint density at radius 1 is 1.19 bits per heavy atom. The van der Waals surface area contributed by atoms with Crippen molar-refractivity contribution in [1.82, 2.24) is 9.88 Å². The first-order valence-electron chi connectivity index (χ1n) is 7.65. The molecule has 1 aliphatic rings. The van der Waals surface area contributed by atoms with Gasteiger partial charge in [-0.25, -0.2) is 0 Å². The Morgan fingerprint density at radius 2 is 2.19 bits per heavy atom. The maximum atomic E-state index is 5.88. The fourth-order valence-corrected chi connectivity index (χ4v) is 2.80. The van der Waals surface area contributed by atoms with Crippen LogP contribution in [0.4, 0.5) is 0 Å². The third kappa shape index (κ3) is 4.41. The van der Waals surface area contributed by atoms with Crippen LogP contribution < -0.4 is 0 Å². The molecule has 4 nitrogen and oxygen atoms in total. The Balaban J connectivity index is 1.64. The van der Waals surface area contributed by atoms with Crippen molar-refractivity contribution in [3.05, 3.63) is 54.2 Å². The molecule has 0 aromatic carbocycles. The molecule has 0 saturated carbocycles. The highest BCUT2D eigenvalue weighted by molar-refractivity contribution is 5.09. The van der Waals surface area contributed by atoms with Crippen LogP contribution in [0.25, 0.3) is 0 Å². The lowest BCUT2D eigenvalue weighted by Crippen LogP contribution is -2.35. The molecule has 1 fully saturated rings. The quantitative estimate of drug-likeness (QED) is 0.817. The van der Waals surface area contributed by atoms with E-state index in [0.29, 0.717) is 6.10 Å². The van der Waals surface area contributed by atoms with Gasteiger partial charge in [-0.2, -0.15) is 0 Å². The Hall–Kier alpha value is -1.65. The molecule has 2 aromatic heterocycles. The average molecular weight is 286 g/mol. The van der Waals surface area contributed by atoms with Gasteiger partial charge in [-0.3, -0.25) is 9.88 Å². The van der Waals surface area contributed by atoms with E-state index < -0.39 is 0 Å². The lowest BCUT2D eigenvalue weighted by atomic mass is 10.1. The van der Waals surface area contributed by atoms with Crippen LogP contribution >= 0.6 is 0 Å². The summed E-state index contributed by atoms with van der Waals surface area (Å²) in [5, 5.41) is 0. The van der Waals surface area contributed by atoms with Crippen LogP contribution in [0.15, 0.2) is 47.3 Å². The van der Waals surface area contributed by atoms with Crippen molar-refractivity contribution in [1.29, 1.82) is 0 Å². The fourth-order valence-electron chi connectivity index (χ4n) is 2.80. The summed E-state index contributed by atoms with van der Waals surface area (Å²) in [7, 11) is 0. The second-order valence-electron chi connectivity index (χ2n) is 5.60. The van der Waals surface area contributed by atoms with Crippen molar-refractivity contribution in [2.24, 2.45) is 0 Å². The lowest BCUT2D eigenvalue weighted by molar-refractivity contribution is -0.00975. The van der Waals surface area contributed by atoms with E-state index in [1.807, 2.05) is 30.6 Å². The van der Waals surface area contributed by atoms with Gasteiger partial charge in [-0.05, 0) is 43.0 Å². The van der Waals surface area contributed by atoms with Gasteiger partial charge in [-0.15, -0.1) is 0 Å². The maximum absolute atomic E-state index is 5.88. The Labute approximate surface area is 125 Å². The summed E-state index contributed by atoms with van der Waals surface area (Å²) >= 11 is 0. The zero-order chi connectivity index (χ0) is 14.3. The largest absolute Gasteiger partial charge is 0.468 e. The molecule has 1 saturated heterocycles. The van der Waals surface area contributed by atoms with Crippen LogP contribution in [0, 0.1) is 0 Å². The molecule has 0 radical (unpaired) electrons. The standard InChI is InChI=1S/C17H22N2O2/c1-2-9-20-16(6-1)13-19(14-17-7-4-10-21-17)12-15-5-3-8-18-11-15/h3-5,7-8,10-11,16H,1-2,6,9,12-14H2. The summed E-state index contributed by atoms with van der Waals surface area (Å²) in [6, 6.07) is 8.06. The monoisotopic (exact) mass is 286 g/mol. The molecular weight excluding hydrogens is 264 g/mol. The van der Waals surface area contributed by atoms with Gasteiger partial charge in [0.15, 0.2) is 0 Å². The minimum absolute atomic E-state index is 0.338. The number of rotatable bonds is 6. The first kappa shape index (κ1) is 14.3. The van der Waals surface area contributed by atoms with E-state index >= 15 is 0 Å². The van der Waals surface area contributed by atoms with Crippen LogP contribution in [0.2, 0.25) is 0 Å². The summed E-state index contributed by atoms with van der Waals surface area (Å²) in [6.45, 7) is 3.51. The smallest absolute Gasteiger partial charge is 0.117 e. The number of aromatic nitrogens is 1. The van der Waals surface area contributed by atoms with E-state index in [-0.39, 0.29) is 0 Å². The number of pyridine rings is 1. The van der Waals surface area contributed by atoms with Gasteiger partial charge in [0, 0.05) is 32.1 Å². The molecule has 0 spiro atoms. The molecule has 112 valence electrons. The number of furan rings is 1. The summed E-state index contributed by atoms with van der Waals surface area (Å²) in [4.78, 5) is 6.58. The number of hydrogen-bond donors (Lipinski definition) is 0. The van der Waals surface area contributed by atoms with E-state index in [9.17, 15) is 0 Å². The summed E-state index contributed by atoms with van der Waals surface area (Å²) < 4.78 is 11.4. The molecule has 3 rings (SSSR count). The van der Waals surface area contributed by atoms with Crippen LogP contribution in [0.1, 0.15) is 30.6 Å². The van der Waals surface area contributed by atoms with Crippen molar-refractivity contribution in [3.63, 3.8) is 0 Å². The third-order valence-electron chi connectivity index (χ3n) is 3.82. The predicted octanol–water partition coefficient (Wildman–Crippen LogP) is 3.25. The summed E-state index contributed by atoms with van der Waals surface area (Å²) in [5.41, 5.74) is 1.22. The van der Waals surface area contributed by atoms with Gasteiger partial charge in [0.05, 0.1) is 18.9 Å². The van der Waals surface area contributed by atoms with E-state index in [4.69, 9.17) is 9.15 Å². The minimum Gasteiger partial charge on any atom is -0.468 e. The minimum atomic E-state index is 0.338. The zero-order valence-electron chi connectivity index (χ0n) is 12.3. The SMILES string of the molecule is c1cncc(CN(Cc2ccco2)CC2CCCCO2)c1. The first-order valence-corrected chi connectivity index (χ1v) is 7.65. The maximum Gasteiger partial charge on any atom is 0.117 e. The number of nitrogens with zero attached hydrogens (tertiary/aromatic N) is 2. The molecule has 1 atom stereocenters. The van der Waals surface area contributed by atoms with Gasteiger partial charge in [0.25, 0.3) is 0 Å². The molecule has 0 amide bonds. The molecular formula is C17H22N2O2. The second-order valence-corrected chi connectivity index (χ2v) is 5.60. The Morgan fingerprint density at radius 3 is 2.90 bits per heavy atom. The molecule has 0 aliphatic carbocycles. The highest BCUT2D eigenvalue weighted by Crippen LogP contribution is 2.17. The first-order chi connectivity index (χ1) is 10.4. The van der Waals surface area contributed by atoms with Crippen molar-refractivity contribution in [2.45, 2.75) is 38.5 Å². The van der Waals surface area contributed by atoms with E-state index in [1.165, 1.54) is 18.4 Å². The van der Waals surface area contributed by atoms with Crippen LogP contribution in [0.3, 0.4) is 0 Å². The molecule has 21 heavy (non-hydrogen) atoms. The molecule has 3 heterocycles. The predicted molar refractivity (Wildman–Crippen MR) is 80.7 cm³/mol. The van der Waals surface area contributed by atoms with Crippen molar-refractivity contribution >= 4 is 0 Å². The lowest BCUT2D eigenvalue weighted by Gasteiger charge is -2.29. The van der Waals surface area contributed by atoms with Crippen LogP contribution in [-0.4, -0.2) is 29.1 Å². The average Bonchev–Trinajstić information content (AvgIpc) is 3.02. The number of ether oxygens (including phenoxy) is 1. The van der Waals surface area contributed by atoms with Crippen molar-refractivity contribution in [3.8, 4) is 0 Å². The van der Waals surface area contributed by atoms with E-state index in [0.717, 1.165) is 38.4 Å². The zero-order valence-corrected chi connectivity index (χ0v) is 12.3. The highest BCUT2D eigenvalue weighted by atomic mass is 16.5. The third-order valence-corrected chi connectivity index (χ3v) is 3.82. The van der Waals surface area contributed by atoms with E-state index in [1.54, 1.807) is 6.26 Å². The van der Waals surface area contributed by atoms with E-state index in [2.05, 4.69) is 16.0 Å². The molecule has 1 aliphatic heterocycles.